The lowest BCUT2D eigenvalue weighted by atomic mass is 10.3. The lowest BCUT2D eigenvalue weighted by Gasteiger charge is -2.03. The zero-order valence-corrected chi connectivity index (χ0v) is 8.11. The van der Waals surface area contributed by atoms with Crippen molar-refractivity contribution in [2.45, 2.75) is 6.92 Å². The maximum atomic E-state index is 5.20. The van der Waals surface area contributed by atoms with Crippen molar-refractivity contribution in [1.29, 1.82) is 0 Å². The van der Waals surface area contributed by atoms with Gasteiger partial charge in [-0.2, -0.15) is 0 Å². The number of rotatable bonds is 2. The van der Waals surface area contributed by atoms with Crippen LogP contribution in [-0.4, -0.2) is 17.0 Å². The summed E-state index contributed by atoms with van der Waals surface area (Å²) in [7, 11) is 1.85. The third-order valence-corrected chi connectivity index (χ3v) is 1.99. The summed E-state index contributed by atoms with van der Waals surface area (Å²) in [5.74, 6) is 1.31. The number of nitrogens with zero attached hydrogens (tertiary/aromatic N) is 2. The van der Waals surface area contributed by atoms with Gasteiger partial charge in [0, 0.05) is 7.05 Å². The third-order valence-electron chi connectivity index (χ3n) is 1.99. The summed E-state index contributed by atoms with van der Waals surface area (Å²) in [5, 5.41) is 3.01. The predicted molar refractivity (Wildman–Crippen MR) is 54.0 cm³/mol. The van der Waals surface area contributed by atoms with E-state index in [1.54, 1.807) is 12.5 Å². The van der Waals surface area contributed by atoms with Gasteiger partial charge in [-0.25, -0.2) is 9.97 Å². The van der Waals surface area contributed by atoms with Crippen LogP contribution in [0.4, 0.5) is 5.69 Å². The molecule has 4 nitrogen and oxygen atoms in total. The van der Waals surface area contributed by atoms with Crippen molar-refractivity contribution in [3.8, 4) is 11.6 Å². The van der Waals surface area contributed by atoms with E-state index in [-0.39, 0.29) is 0 Å². The van der Waals surface area contributed by atoms with Crippen molar-refractivity contribution in [2.75, 3.05) is 12.4 Å². The number of hydrogen-bond acceptors (Lipinski definition) is 4. The first kappa shape index (κ1) is 8.74. The zero-order chi connectivity index (χ0) is 9.97. The molecule has 0 spiro atoms. The second-order valence-electron chi connectivity index (χ2n) is 2.92. The fraction of sp³-hybridized carbons (Fsp3) is 0.200. The van der Waals surface area contributed by atoms with Gasteiger partial charge >= 0.3 is 0 Å². The summed E-state index contributed by atoms with van der Waals surface area (Å²) in [5.41, 5.74) is 1.84. The van der Waals surface area contributed by atoms with E-state index in [1.165, 1.54) is 0 Å². The molecule has 0 radical (unpaired) electrons. The normalized spacial score (nSPS) is 10.1. The van der Waals surface area contributed by atoms with Crippen LogP contribution in [0, 0.1) is 6.92 Å². The predicted octanol–water partition coefficient (Wildman–Crippen LogP) is 2.09. The molecule has 2 rings (SSSR count). The molecule has 0 aliphatic rings. The molecule has 0 saturated carbocycles. The Bertz CT molecular complexity index is 423. The van der Waals surface area contributed by atoms with Gasteiger partial charge in [-0.05, 0) is 19.1 Å². The van der Waals surface area contributed by atoms with E-state index >= 15 is 0 Å². The average Bonchev–Trinajstić information content (AvgIpc) is 2.70. The molecule has 0 unspecified atom stereocenters. The van der Waals surface area contributed by atoms with Crippen molar-refractivity contribution in [3.05, 3.63) is 30.3 Å². The minimum absolute atomic E-state index is 0.617. The standard InChI is InChI=1S/C10H11N3O/c1-7-8(11-2)6-12-10(13-7)9-4-3-5-14-9/h3-6,11H,1-2H3. The summed E-state index contributed by atoms with van der Waals surface area (Å²) in [6.45, 7) is 1.93. The molecule has 0 bridgehead atoms. The second kappa shape index (κ2) is 3.49. The third kappa shape index (κ3) is 1.46. The van der Waals surface area contributed by atoms with E-state index in [0.717, 1.165) is 11.4 Å². The van der Waals surface area contributed by atoms with Gasteiger partial charge in [0.05, 0.1) is 23.8 Å². The fourth-order valence-corrected chi connectivity index (χ4v) is 1.24. The van der Waals surface area contributed by atoms with Gasteiger partial charge in [-0.1, -0.05) is 0 Å². The Hall–Kier alpha value is -1.84. The molecule has 2 aromatic rings. The van der Waals surface area contributed by atoms with E-state index in [0.29, 0.717) is 11.6 Å². The van der Waals surface area contributed by atoms with Crippen molar-refractivity contribution >= 4 is 5.69 Å². The number of aryl methyl sites for hydroxylation is 1. The van der Waals surface area contributed by atoms with Crippen LogP contribution in [0.2, 0.25) is 0 Å². The first-order valence-corrected chi connectivity index (χ1v) is 4.36. The molecule has 0 amide bonds. The highest BCUT2D eigenvalue weighted by molar-refractivity contribution is 5.52. The Labute approximate surface area is 82.0 Å². The number of furan rings is 1. The number of anilines is 1. The maximum Gasteiger partial charge on any atom is 0.195 e. The summed E-state index contributed by atoms with van der Waals surface area (Å²) < 4.78 is 5.20. The summed E-state index contributed by atoms with van der Waals surface area (Å²) >= 11 is 0. The van der Waals surface area contributed by atoms with Gasteiger partial charge in [0.15, 0.2) is 11.6 Å². The van der Waals surface area contributed by atoms with Gasteiger partial charge in [-0.15, -0.1) is 0 Å². The van der Waals surface area contributed by atoms with Crippen LogP contribution in [0.3, 0.4) is 0 Å². The molecule has 0 atom stereocenters. The summed E-state index contributed by atoms with van der Waals surface area (Å²) in [6, 6.07) is 3.66. The molecule has 0 saturated heterocycles. The molecule has 0 aromatic carbocycles. The number of nitrogens with one attached hydrogen (secondary N) is 1. The monoisotopic (exact) mass is 189 g/mol. The minimum Gasteiger partial charge on any atom is -0.461 e. The van der Waals surface area contributed by atoms with Crippen LogP contribution in [0.1, 0.15) is 5.69 Å². The van der Waals surface area contributed by atoms with Gasteiger partial charge in [0.1, 0.15) is 0 Å². The Morgan fingerprint density at radius 2 is 2.29 bits per heavy atom. The second-order valence-corrected chi connectivity index (χ2v) is 2.92. The molecule has 72 valence electrons. The molecule has 2 heterocycles. The Morgan fingerprint density at radius 3 is 2.86 bits per heavy atom. The molecule has 4 heteroatoms. The Balaban J connectivity index is 2.43. The van der Waals surface area contributed by atoms with Crippen molar-refractivity contribution in [3.63, 3.8) is 0 Å². The summed E-state index contributed by atoms with van der Waals surface area (Å²) in [6.07, 6.45) is 3.36. The van der Waals surface area contributed by atoms with E-state index < -0.39 is 0 Å². The van der Waals surface area contributed by atoms with Crippen LogP contribution in [0.15, 0.2) is 29.0 Å². The highest BCUT2D eigenvalue weighted by atomic mass is 16.3. The lowest BCUT2D eigenvalue weighted by Crippen LogP contribution is -1.97. The van der Waals surface area contributed by atoms with Crippen LogP contribution in [-0.2, 0) is 0 Å². The number of hydrogen-bond donors (Lipinski definition) is 1. The van der Waals surface area contributed by atoms with Crippen LogP contribution in [0.5, 0.6) is 0 Å². The molecular weight excluding hydrogens is 178 g/mol. The minimum atomic E-state index is 0.617. The molecule has 14 heavy (non-hydrogen) atoms. The SMILES string of the molecule is CNc1cnc(-c2ccco2)nc1C. The van der Waals surface area contributed by atoms with E-state index in [2.05, 4.69) is 15.3 Å². The van der Waals surface area contributed by atoms with Gasteiger partial charge in [-0.3, -0.25) is 0 Å². The lowest BCUT2D eigenvalue weighted by molar-refractivity contribution is 0.577. The van der Waals surface area contributed by atoms with E-state index in [9.17, 15) is 0 Å². The molecule has 0 aliphatic heterocycles. The molecule has 2 aromatic heterocycles. The topological polar surface area (TPSA) is 51.0 Å². The van der Waals surface area contributed by atoms with Crippen LogP contribution >= 0.6 is 0 Å². The highest BCUT2D eigenvalue weighted by Crippen LogP contribution is 2.18. The highest BCUT2D eigenvalue weighted by Gasteiger charge is 2.05. The average molecular weight is 189 g/mol. The molecular formula is C10H11N3O. The first-order chi connectivity index (χ1) is 6.81. The molecule has 0 fully saturated rings. The smallest absolute Gasteiger partial charge is 0.195 e. The van der Waals surface area contributed by atoms with Gasteiger partial charge < -0.3 is 9.73 Å². The first-order valence-electron chi connectivity index (χ1n) is 4.36. The fourth-order valence-electron chi connectivity index (χ4n) is 1.24. The van der Waals surface area contributed by atoms with Crippen molar-refractivity contribution < 1.29 is 4.42 Å². The number of aromatic nitrogens is 2. The van der Waals surface area contributed by atoms with E-state index in [4.69, 9.17) is 4.42 Å². The largest absolute Gasteiger partial charge is 0.461 e. The quantitative estimate of drug-likeness (QED) is 0.785. The summed E-state index contributed by atoms with van der Waals surface area (Å²) in [4.78, 5) is 8.50. The van der Waals surface area contributed by atoms with Crippen molar-refractivity contribution in [2.24, 2.45) is 0 Å². The van der Waals surface area contributed by atoms with Crippen LogP contribution < -0.4 is 5.32 Å². The zero-order valence-electron chi connectivity index (χ0n) is 8.11. The molecule has 0 aliphatic carbocycles. The maximum absolute atomic E-state index is 5.20. The Kier molecular flexibility index (Phi) is 2.18. The Morgan fingerprint density at radius 1 is 1.43 bits per heavy atom. The van der Waals surface area contributed by atoms with E-state index in [1.807, 2.05) is 26.1 Å². The molecule has 1 N–H and O–H groups in total. The van der Waals surface area contributed by atoms with Crippen molar-refractivity contribution in [1.82, 2.24) is 9.97 Å². The van der Waals surface area contributed by atoms with Gasteiger partial charge in [0.25, 0.3) is 0 Å². The van der Waals surface area contributed by atoms with Crippen LogP contribution in [0.25, 0.3) is 11.6 Å². The van der Waals surface area contributed by atoms with Gasteiger partial charge in [0.2, 0.25) is 0 Å².